The SMILES string of the molecule is CCC1CCCC(n2cc(C=O)nn2)C1. The van der Waals surface area contributed by atoms with E-state index in [0.717, 1.165) is 18.6 Å². The third kappa shape index (κ3) is 2.25. The molecule has 2 unspecified atom stereocenters. The number of aldehydes is 1. The van der Waals surface area contributed by atoms with Crippen LogP contribution in [0.1, 0.15) is 55.6 Å². The fourth-order valence-electron chi connectivity index (χ4n) is 2.40. The Morgan fingerprint density at radius 3 is 3.13 bits per heavy atom. The average molecular weight is 207 g/mol. The Balaban J connectivity index is 2.06. The maximum atomic E-state index is 10.5. The van der Waals surface area contributed by atoms with Crippen LogP contribution in [0, 0.1) is 5.92 Å². The molecule has 2 rings (SSSR count). The molecule has 1 aliphatic carbocycles. The lowest BCUT2D eigenvalue weighted by Gasteiger charge is -2.28. The third-order valence-electron chi connectivity index (χ3n) is 3.36. The van der Waals surface area contributed by atoms with Crippen LogP contribution in [-0.2, 0) is 0 Å². The van der Waals surface area contributed by atoms with E-state index in [1.165, 1.54) is 25.7 Å². The Hall–Kier alpha value is -1.19. The van der Waals surface area contributed by atoms with E-state index in [9.17, 15) is 4.79 Å². The van der Waals surface area contributed by atoms with Crippen LogP contribution in [0.3, 0.4) is 0 Å². The molecule has 2 atom stereocenters. The quantitative estimate of drug-likeness (QED) is 0.714. The summed E-state index contributed by atoms with van der Waals surface area (Å²) < 4.78 is 1.87. The van der Waals surface area contributed by atoms with Gasteiger partial charge in [-0.3, -0.25) is 4.79 Å². The lowest BCUT2D eigenvalue weighted by atomic mass is 9.84. The molecule has 82 valence electrons. The summed E-state index contributed by atoms with van der Waals surface area (Å²) in [7, 11) is 0. The Labute approximate surface area is 89.7 Å². The second-order valence-electron chi connectivity index (χ2n) is 4.34. The van der Waals surface area contributed by atoms with Gasteiger partial charge in [0.25, 0.3) is 0 Å². The fraction of sp³-hybridized carbons (Fsp3) is 0.727. The lowest BCUT2D eigenvalue weighted by molar-refractivity contribution is 0.111. The molecule has 1 fully saturated rings. The molecule has 0 spiro atoms. The van der Waals surface area contributed by atoms with Crippen LogP contribution in [0.15, 0.2) is 6.20 Å². The fourth-order valence-corrected chi connectivity index (χ4v) is 2.40. The largest absolute Gasteiger partial charge is 0.296 e. The van der Waals surface area contributed by atoms with Gasteiger partial charge in [0, 0.05) is 0 Å². The summed E-state index contributed by atoms with van der Waals surface area (Å²) in [5, 5.41) is 7.82. The number of hydrogen-bond donors (Lipinski definition) is 0. The van der Waals surface area contributed by atoms with Crippen LogP contribution in [0.25, 0.3) is 0 Å². The van der Waals surface area contributed by atoms with Crippen LogP contribution in [0.5, 0.6) is 0 Å². The summed E-state index contributed by atoms with van der Waals surface area (Å²) in [6.07, 6.45) is 8.70. The summed E-state index contributed by atoms with van der Waals surface area (Å²) in [6, 6.07) is 0.449. The van der Waals surface area contributed by atoms with Crippen molar-refractivity contribution in [2.75, 3.05) is 0 Å². The molecule has 0 aromatic carbocycles. The summed E-state index contributed by atoms with van der Waals surface area (Å²) in [4.78, 5) is 10.5. The monoisotopic (exact) mass is 207 g/mol. The molecule has 15 heavy (non-hydrogen) atoms. The second kappa shape index (κ2) is 4.55. The van der Waals surface area contributed by atoms with Crippen LogP contribution in [0.2, 0.25) is 0 Å². The molecule has 0 amide bonds. The van der Waals surface area contributed by atoms with Gasteiger partial charge in [-0.25, -0.2) is 4.68 Å². The summed E-state index contributed by atoms with van der Waals surface area (Å²) >= 11 is 0. The molecule has 1 aromatic rings. The van der Waals surface area contributed by atoms with Crippen molar-refractivity contribution in [2.45, 2.75) is 45.1 Å². The van der Waals surface area contributed by atoms with Crippen LogP contribution >= 0.6 is 0 Å². The van der Waals surface area contributed by atoms with E-state index in [0.29, 0.717) is 11.7 Å². The molecule has 1 saturated carbocycles. The average Bonchev–Trinajstić information content (AvgIpc) is 2.78. The topological polar surface area (TPSA) is 47.8 Å². The molecule has 1 heterocycles. The van der Waals surface area contributed by atoms with E-state index in [1.54, 1.807) is 6.20 Å². The highest BCUT2D eigenvalue weighted by atomic mass is 16.1. The van der Waals surface area contributed by atoms with Crippen LogP contribution in [-0.4, -0.2) is 21.3 Å². The van der Waals surface area contributed by atoms with Gasteiger partial charge >= 0.3 is 0 Å². The smallest absolute Gasteiger partial charge is 0.171 e. The zero-order valence-electron chi connectivity index (χ0n) is 9.09. The normalized spacial score (nSPS) is 26.5. The minimum absolute atomic E-state index is 0.439. The number of nitrogens with zero attached hydrogens (tertiary/aromatic N) is 3. The minimum atomic E-state index is 0.439. The molecule has 0 bridgehead atoms. The van der Waals surface area contributed by atoms with Crippen molar-refractivity contribution in [2.24, 2.45) is 5.92 Å². The number of aromatic nitrogens is 3. The van der Waals surface area contributed by atoms with Crippen molar-refractivity contribution in [1.82, 2.24) is 15.0 Å². The van der Waals surface area contributed by atoms with Crippen LogP contribution in [0.4, 0.5) is 0 Å². The number of rotatable bonds is 3. The van der Waals surface area contributed by atoms with Gasteiger partial charge in [-0.2, -0.15) is 0 Å². The standard InChI is InChI=1S/C11H17N3O/c1-2-9-4-3-5-11(6-9)14-7-10(8-15)12-13-14/h7-9,11H,2-6H2,1H3. The third-order valence-corrected chi connectivity index (χ3v) is 3.36. The molecule has 1 aliphatic rings. The summed E-state index contributed by atoms with van der Waals surface area (Å²) in [6.45, 7) is 2.24. The van der Waals surface area contributed by atoms with Gasteiger partial charge in [0.05, 0.1) is 12.2 Å². The highest BCUT2D eigenvalue weighted by Gasteiger charge is 2.22. The zero-order chi connectivity index (χ0) is 10.7. The predicted molar refractivity (Wildman–Crippen MR) is 56.7 cm³/mol. The zero-order valence-corrected chi connectivity index (χ0v) is 9.09. The summed E-state index contributed by atoms with van der Waals surface area (Å²) in [5.74, 6) is 0.813. The van der Waals surface area contributed by atoms with Gasteiger partial charge in [-0.05, 0) is 18.8 Å². The van der Waals surface area contributed by atoms with E-state index < -0.39 is 0 Å². The molecular formula is C11H17N3O. The Morgan fingerprint density at radius 1 is 1.60 bits per heavy atom. The van der Waals surface area contributed by atoms with Crippen molar-refractivity contribution in [3.05, 3.63) is 11.9 Å². The maximum Gasteiger partial charge on any atom is 0.171 e. The molecule has 0 saturated heterocycles. The number of hydrogen-bond acceptors (Lipinski definition) is 3. The van der Waals surface area contributed by atoms with Gasteiger partial charge < -0.3 is 0 Å². The molecule has 1 aromatic heterocycles. The minimum Gasteiger partial charge on any atom is -0.296 e. The Kier molecular flexibility index (Phi) is 3.14. The Morgan fingerprint density at radius 2 is 2.47 bits per heavy atom. The molecule has 4 heteroatoms. The highest BCUT2D eigenvalue weighted by Crippen LogP contribution is 2.33. The van der Waals surface area contributed by atoms with Gasteiger partial charge in [-0.1, -0.05) is 31.4 Å². The molecule has 4 nitrogen and oxygen atoms in total. The molecular weight excluding hydrogens is 190 g/mol. The van der Waals surface area contributed by atoms with Crippen molar-refractivity contribution < 1.29 is 4.79 Å². The molecule has 0 aliphatic heterocycles. The van der Waals surface area contributed by atoms with Gasteiger partial charge in [0.1, 0.15) is 5.69 Å². The van der Waals surface area contributed by atoms with Crippen molar-refractivity contribution in [3.8, 4) is 0 Å². The molecule has 0 N–H and O–H groups in total. The first-order chi connectivity index (χ1) is 7.33. The van der Waals surface area contributed by atoms with Crippen LogP contribution < -0.4 is 0 Å². The summed E-state index contributed by atoms with van der Waals surface area (Å²) in [5.41, 5.74) is 0.439. The number of carbonyl (C=O) groups is 1. The van der Waals surface area contributed by atoms with Gasteiger partial charge in [0.15, 0.2) is 6.29 Å². The lowest BCUT2D eigenvalue weighted by Crippen LogP contribution is -2.19. The maximum absolute atomic E-state index is 10.5. The van der Waals surface area contributed by atoms with Gasteiger partial charge in [-0.15, -0.1) is 5.10 Å². The Bertz CT molecular complexity index is 334. The van der Waals surface area contributed by atoms with E-state index in [2.05, 4.69) is 17.2 Å². The van der Waals surface area contributed by atoms with Crippen molar-refractivity contribution in [1.29, 1.82) is 0 Å². The van der Waals surface area contributed by atoms with Gasteiger partial charge in [0.2, 0.25) is 0 Å². The van der Waals surface area contributed by atoms with Crippen molar-refractivity contribution in [3.63, 3.8) is 0 Å². The van der Waals surface area contributed by atoms with E-state index in [-0.39, 0.29) is 0 Å². The second-order valence-corrected chi connectivity index (χ2v) is 4.34. The van der Waals surface area contributed by atoms with Crippen molar-refractivity contribution >= 4 is 6.29 Å². The van der Waals surface area contributed by atoms with E-state index >= 15 is 0 Å². The highest BCUT2D eigenvalue weighted by molar-refractivity contribution is 5.70. The number of carbonyl (C=O) groups excluding carboxylic acids is 1. The first kappa shape index (κ1) is 10.3. The first-order valence-electron chi connectivity index (χ1n) is 5.70. The first-order valence-corrected chi connectivity index (χ1v) is 5.70. The molecule has 0 radical (unpaired) electrons. The predicted octanol–water partition coefficient (Wildman–Crippen LogP) is 2.23. The van der Waals surface area contributed by atoms with E-state index in [4.69, 9.17) is 0 Å². The van der Waals surface area contributed by atoms with E-state index in [1.807, 2.05) is 4.68 Å².